The first-order valence-electron chi connectivity index (χ1n) is 6.90. The van der Waals surface area contributed by atoms with Gasteiger partial charge in [0.15, 0.2) is 0 Å². The molecular formula is C15H21ClN2O2. The van der Waals surface area contributed by atoms with Gasteiger partial charge >= 0.3 is 0 Å². The lowest BCUT2D eigenvalue weighted by Crippen LogP contribution is -2.46. The molecule has 0 bridgehead atoms. The van der Waals surface area contributed by atoms with Crippen LogP contribution in [0.15, 0.2) is 24.3 Å². The molecule has 1 unspecified atom stereocenters. The first-order chi connectivity index (χ1) is 9.52. The number of aliphatic hydroxyl groups excluding tert-OH is 1. The number of rotatable bonds is 4. The number of aliphatic hydroxyl groups is 1. The van der Waals surface area contributed by atoms with Crippen molar-refractivity contribution in [3.8, 4) is 0 Å². The summed E-state index contributed by atoms with van der Waals surface area (Å²) in [7, 11) is 0. The largest absolute Gasteiger partial charge is 0.396 e. The normalized spacial score (nSPS) is 23.6. The molecule has 0 aliphatic carbocycles. The summed E-state index contributed by atoms with van der Waals surface area (Å²) in [5.41, 5.74) is 0.546. The SMILES string of the molecule is CC1(CO)CCCN(CC(=O)Nc2ccccc2Cl)C1. The van der Waals surface area contributed by atoms with Crippen molar-refractivity contribution in [2.24, 2.45) is 5.41 Å². The third kappa shape index (κ3) is 3.95. The van der Waals surface area contributed by atoms with Crippen molar-refractivity contribution in [2.75, 3.05) is 31.6 Å². The fourth-order valence-electron chi connectivity index (χ4n) is 2.65. The molecule has 20 heavy (non-hydrogen) atoms. The number of hydrogen-bond acceptors (Lipinski definition) is 3. The quantitative estimate of drug-likeness (QED) is 0.897. The molecule has 1 aliphatic rings. The Morgan fingerprint density at radius 3 is 2.95 bits per heavy atom. The highest BCUT2D eigenvalue weighted by atomic mass is 35.5. The number of likely N-dealkylation sites (tertiary alicyclic amines) is 1. The number of carbonyl (C=O) groups excluding carboxylic acids is 1. The van der Waals surface area contributed by atoms with Crippen LogP contribution in [0.3, 0.4) is 0 Å². The van der Waals surface area contributed by atoms with Crippen LogP contribution in [0.4, 0.5) is 5.69 Å². The number of para-hydroxylation sites is 1. The summed E-state index contributed by atoms with van der Waals surface area (Å²) >= 11 is 6.02. The molecule has 1 aliphatic heterocycles. The topological polar surface area (TPSA) is 52.6 Å². The minimum Gasteiger partial charge on any atom is -0.396 e. The van der Waals surface area contributed by atoms with Gasteiger partial charge in [-0.2, -0.15) is 0 Å². The number of anilines is 1. The molecule has 4 nitrogen and oxygen atoms in total. The molecule has 2 N–H and O–H groups in total. The van der Waals surface area contributed by atoms with Gasteiger partial charge in [0.1, 0.15) is 0 Å². The summed E-state index contributed by atoms with van der Waals surface area (Å²) in [6, 6.07) is 7.20. The third-order valence-corrected chi connectivity index (χ3v) is 4.09. The lowest BCUT2D eigenvalue weighted by molar-refractivity contribution is -0.118. The second-order valence-corrected chi connectivity index (χ2v) is 6.22. The highest BCUT2D eigenvalue weighted by Gasteiger charge is 2.30. The number of hydrogen-bond donors (Lipinski definition) is 2. The van der Waals surface area contributed by atoms with Crippen LogP contribution in [-0.4, -0.2) is 42.2 Å². The minimum atomic E-state index is -0.0943. The molecule has 0 saturated carbocycles. The van der Waals surface area contributed by atoms with Crippen molar-refractivity contribution in [3.63, 3.8) is 0 Å². The van der Waals surface area contributed by atoms with E-state index in [-0.39, 0.29) is 17.9 Å². The Kier molecular flexibility index (Phi) is 5.02. The Morgan fingerprint density at radius 1 is 1.50 bits per heavy atom. The number of carbonyl (C=O) groups is 1. The predicted octanol–water partition coefficient (Wildman–Crippen LogP) is 2.37. The van der Waals surface area contributed by atoms with E-state index in [1.54, 1.807) is 12.1 Å². The zero-order chi connectivity index (χ0) is 14.6. The predicted molar refractivity (Wildman–Crippen MR) is 80.9 cm³/mol. The van der Waals surface area contributed by atoms with E-state index in [0.29, 0.717) is 17.3 Å². The van der Waals surface area contributed by atoms with Gasteiger partial charge in [0.05, 0.1) is 17.3 Å². The van der Waals surface area contributed by atoms with E-state index in [1.165, 1.54) is 0 Å². The first kappa shape index (κ1) is 15.3. The average Bonchev–Trinajstić information content (AvgIpc) is 2.41. The number of nitrogens with one attached hydrogen (secondary N) is 1. The third-order valence-electron chi connectivity index (χ3n) is 3.76. The van der Waals surface area contributed by atoms with Crippen LogP contribution in [0.5, 0.6) is 0 Å². The highest BCUT2D eigenvalue weighted by molar-refractivity contribution is 6.33. The summed E-state index contributed by atoms with van der Waals surface area (Å²) in [6.07, 6.45) is 2.02. The number of amides is 1. The Hall–Kier alpha value is -1.10. The molecule has 1 aromatic rings. The Bertz CT molecular complexity index is 481. The number of nitrogens with zero attached hydrogens (tertiary/aromatic N) is 1. The molecule has 1 heterocycles. The molecular weight excluding hydrogens is 276 g/mol. The second-order valence-electron chi connectivity index (χ2n) is 5.81. The van der Waals surface area contributed by atoms with Gasteiger partial charge in [0, 0.05) is 18.6 Å². The number of piperidine rings is 1. The molecule has 110 valence electrons. The summed E-state index contributed by atoms with van der Waals surface area (Å²) < 4.78 is 0. The van der Waals surface area contributed by atoms with Crippen LogP contribution in [0.1, 0.15) is 19.8 Å². The molecule has 1 fully saturated rings. The van der Waals surface area contributed by atoms with Crippen LogP contribution in [0.25, 0.3) is 0 Å². The van der Waals surface area contributed by atoms with Gasteiger partial charge in [-0.25, -0.2) is 0 Å². The fraction of sp³-hybridized carbons (Fsp3) is 0.533. The molecule has 0 aromatic heterocycles. The van der Waals surface area contributed by atoms with Gasteiger partial charge in [-0.3, -0.25) is 9.69 Å². The van der Waals surface area contributed by atoms with Crippen molar-refractivity contribution < 1.29 is 9.90 Å². The monoisotopic (exact) mass is 296 g/mol. The zero-order valence-corrected chi connectivity index (χ0v) is 12.5. The van der Waals surface area contributed by atoms with Gasteiger partial charge in [-0.15, -0.1) is 0 Å². The van der Waals surface area contributed by atoms with E-state index in [1.807, 2.05) is 12.1 Å². The highest BCUT2D eigenvalue weighted by Crippen LogP contribution is 2.28. The number of halogens is 1. The number of benzene rings is 1. The summed E-state index contributed by atoms with van der Waals surface area (Å²) in [5, 5.41) is 12.8. The van der Waals surface area contributed by atoms with E-state index in [4.69, 9.17) is 11.6 Å². The maximum atomic E-state index is 12.1. The van der Waals surface area contributed by atoms with Crippen LogP contribution in [0.2, 0.25) is 5.02 Å². The second kappa shape index (κ2) is 6.57. The van der Waals surface area contributed by atoms with E-state index in [2.05, 4.69) is 17.1 Å². The van der Waals surface area contributed by atoms with Crippen LogP contribution < -0.4 is 5.32 Å². The van der Waals surface area contributed by atoms with Gasteiger partial charge in [-0.1, -0.05) is 30.7 Å². The molecule has 1 atom stereocenters. The lowest BCUT2D eigenvalue weighted by Gasteiger charge is -2.38. The van der Waals surface area contributed by atoms with Crippen LogP contribution in [0, 0.1) is 5.41 Å². The molecule has 1 saturated heterocycles. The van der Waals surface area contributed by atoms with Crippen molar-refractivity contribution in [1.82, 2.24) is 4.90 Å². The van der Waals surface area contributed by atoms with Crippen molar-refractivity contribution in [3.05, 3.63) is 29.3 Å². The summed E-state index contributed by atoms with van der Waals surface area (Å²) in [5.74, 6) is -0.0692. The van der Waals surface area contributed by atoms with Gasteiger partial charge in [0.25, 0.3) is 0 Å². The van der Waals surface area contributed by atoms with E-state index >= 15 is 0 Å². The molecule has 1 aromatic carbocycles. The Balaban J connectivity index is 1.90. The molecule has 0 radical (unpaired) electrons. The smallest absolute Gasteiger partial charge is 0.238 e. The maximum Gasteiger partial charge on any atom is 0.238 e. The van der Waals surface area contributed by atoms with Crippen molar-refractivity contribution in [1.29, 1.82) is 0 Å². The Labute approximate surface area is 124 Å². The van der Waals surface area contributed by atoms with Crippen molar-refractivity contribution in [2.45, 2.75) is 19.8 Å². The van der Waals surface area contributed by atoms with E-state index < -0.39 is 0 Å². The van der Waals surface area contributed by atoms with Crippen LogP contribution >= 0.6 is 11.6 Å². The first-order valence-corrected chi connectivity index (χ1v) is 7.28. The standard InChI is InChI=1S/C15H21ClN2O2/c1-15(11-19)7-4-8-18(10-15)9-14(20)17-13-6-3-2-5-12(13)16/h2-3,5-6,19H,4,7-11H2,1H3,(H,17,20). The summed E-state index contributed by atoms with van der Waals surface area (Å²) in [6.45, 7) is 4.20. The minimum absolute atomic E-state index is 0.0692. The van der Waals surface area contributed by atoms with Crippen LogP contribution in [-0.2, 0) is 4.79 Å². The van der Waals surface area contributed by atoms with Gasteiger partial charge in [0.2, 0.25) is 5.91 Å². The molecule has 5 heteroatoms. The summed E-state index contributed by atoms with van der Waals surface area (Å²) in [4.78, 5) is 14.1. The van der Waals surface area contributed by atoms with Crippen molar-refractivity contribution >= 4 is 23.2 Å². The Morgan fingerprint density at radius 2 is 2.25 bits per heavy atom. The van der Waals surface area contributed by atoms with Gasteiger partial charge < -0.3 is 10.4 Å². The molecule has 2 rings (SSSR count). The van der Waals surface area contributed by atoms with E-state index in [9.17, 15) is 9.90 Å². The molecule has 0 spiro atoms. The van der Waals surface area contributed by atoms with Gasteiger partial charge in [-0.05, 0) is 31.5 Å². The molecule has 1 amide bonds. The zero-order valence-electron chi connectivity index (χ0n) is 11.7. The lowest BCUT2D eigenvalue weighted by atomic mass is 9.83. The average molecular weight is 297 g/mol. The fourth-order valence-corrected chi connectivity index (χ4v) is 2.83. The maximum absolute atomic E-state index is 12.1. The van der Waals surface area contributed by atoms with E-state index in [0.717, 1.165) is 25.9 Å².